The van der Waals surface area contributed by atoms with Gasteiger partial charge < -0.3 is 21.1 Å². The number of anilines is 2. The molecule has 1 unspecified atom stereocenters. The number of primary amides is 1. The Morgan fingerprint density at radius 3 is 2.83 bits per heavy atom. The number of aliphatic hydroxyl groups excluding tert-OH is 1. The van der Waals surface area contributed by atoms with Gasteiger partial charge in [-0.15, -0.1) is 0 Å². The van der Waals surface area contributed by atoms with Crippen LogP contribution in [0.25, 0.3) is 0 Å². The van der Waals surface area contributed by atoms with Gasteiger partial charge in [-0.2, -0.15) is 0 Å². The molecule has 1 rings (SSSR count). The number of aromatic nitrogens is 1. The van der Waals surface area contributed by atoms with Crippen molar-refractivity contribution in [3.63, 3.8) is 0 Å². The van der Waals surface area contributed by atoms with E-state index in [0.29, 0.717) is 12.4 Å². The zero-order valence-electron chi connectivity index (χ0n) is 10.8. The number of carbonyl (C=O) groups excluding carboxylic acids is 1. The number of pyridine rings is 1. The molecular weight excluding hydrogens is 232 g/mol. The van der Waals surface area contributed by atoms with Gasteiger partial charge in [0.1, 0.15) is 5.82 Å². The average Bonchev–Trinajstić information content (AvgIpc) is 2.29. The van der Waals surface area contributed by atoms with E-state index in [4.69, 9.17) is 10.8 Å². The lowest BCUT2D eigenvalue weighted by molar-refractivity contribution is -0.118. The van der Waals surface area contributed by atoms with E-state index < -0.39 is 0 Å². The summed E-state index contributed by atoms with van der Waals surface area (Å²) < 4.78 is 0. The number of amides is 1. The molecule has 1 aromatic rings. The van der Waals surface area contributed by atoms with Gasteiger partial charge in [-0.05, 0) is 19.1 Å². The minimum absolute atomic E-state index is 0.0454. The van der Waals surface area contributed by atoms with E-state index in [1.807, 2.05) is 31.0 Å². The maximum atomic E-state index is 10.7. The normalized spacial score (nSPS) is 11.9. The highest BCUT2D eigenvalue weighted by molar-refractivity contribution is 5.74. The molecule has 6 heteroatoms. The van der Waals surface area contributed by atoms with Crippen LogP contribution < -0.4 is 16.0 Å². The Balaban J connectivity index is 2.57. The van der Waals surface area contributed by atoms with E-state index in [1.165, 1.54) is 0 Å². The lowest BCUT2D eigenvalue weighted by atomic mass is 10.2. The summed E-state index contributed by atoms with van der Waals surface area (Å²) in [6.07, 6.45) is 1.99. The Bertz CT molecular complexity index is 380. The van der Waals surface area contributed by atoms with E-state index in [-0.39, 0.29) is 25.0 Å². The Morgan fingerprint density at radius 1 is 1.61 bits per heavy atom. The van der Waals surface area contributed by atoms with Gasteiger partial charge in [0.05, 0.1) is 18.5 Å². The first-order chi connectivity index (χ1) is 8.52. The molecule has 6 nitrogen and oxygen atoms in total. The predicted octanol–water partition coefficient (Wildman–Crippen LogP) is 0.186. The fourth-order valence-corrected chi connectivity index (χ4v) is 1.58. The highest BCUT2D eigenvalue weighted by Gasteiger charge is 2.07. The maximum absolute atomic E-state index is 10.7. The van der Waals surface area contributed by atoms with Crippen molar-refractivity contribution in [3.05, 3.63) is 18.3 Å². The van der Waals surface area contributed by atoms with Crippen LogP contribution in [0.4, 0.5) is 11.5 Å². The van der Waals surface area contributed by atoms with Gasteiger partial charge in [-0.3, -0.25) is 4.79 Å². The monoisotopic (exact) mass is 252 g/mol. The maximum Gasteiger partial charge on any atom is 0.219 e. The second kappa shape index (κ2) is 6.80. The molecule has 0 radical (unpaired) electrons. The van der Waals surface area contributed by atoms with E-state index in [1.54, 1.807) is 6.20 Å². The van der Waals surface area contributed by atoms with Gasteiger partial charge in [0.15, 0.2) is 0 Å². The molecule has 0 aliphatic heterocycles. The van der Waals surface area contributed by atoms with Crippen molar-refractivity contribution in [1.82, 2.24) is 4.98 Å². The van der Waals surface area contributed by atoms with Crippen LogP contribution in [0.2, 0.25) is 0 Å². The second-order valence-electron chi connectivity index (χ2n) is 4.26. The first-order valence-electron chi connectivity index (χ1n) is 5.86. The van der Waals surface area contributed by atoms with Crippen molar-refractivity contribution in [1.29, 1.82) is 0 Å². The van der Waals surface area contributed by atoms with Gasteiger partial charge in [-0.1, -0.05) is 0 Å². The van der Waals surface area contributed by atoms with Gasteiger partial charge in [-0.25, -0.2) is 4.98 Å². The lowest BCUT2D eigenvalue weighted by Crippen LogP contribution is -2.24. The van der Waals surface area contributed by atoms with Crippen LogP contribution in [0.15, 0.2) is 18.3 Å². The van der Waals surface area contributed by atoms with Crippen LogP contribution >= 0.6 is 0 Å². The summed E-state index contributed by atoms with van der Waals surface area (Å²) in [7, 11) is 1.88. The quantitative estimate of drug-likeness (QED) is 0.644. The lowest BCUT2D eigenvalue weighted by Gasteiger charge is -2.18. The number of rotatable bonds is 7. The number of likely N-dealkylation sites (N-methyl/N-ethyl adjacent to an activating group) is 1. The summed E-state index contributed by atoms with van der Waals surface area (Å²) in [5.74, 6) is 0.360. The van der Waals surface area contributed by atoms with E-state index in [0.717, 1.165) is 5.69 Å². The molecule has 0 spiro atoms. The summed E-state index contributed by atoms with van der Waals surface area (Å²) in [6, 6.07) is 3.69. The molecule has 0 aliphatic rings. The van der Waals surface area contributed by atoms with Gasteiger partial charge in [0.25, 0.3) is 0 Å². The molecule has 1 amide bonds. The van der Waals surface area contributed by atoms with Crippen molar-refractivity contribution in [2.24, 2.45) is 5.73 Å². The first-order valence-corrected chi connectivity index (χ1v) is 5.86. The standard InChI is InChI=1S/C12H20N4O2/c1-9(7-11(13)18)15-12-4-3-10(8-14-12)16(2)5-6-17/h3-4,8-9,17H,5-7H2,1-2H3,(H2,13,18)(H,14,15). The molecule has 100 valence electrons. The van der Waals surface area contributed by atoms with E-state index in [9.17, 15) is 4.79 Å². The fraction of sp³-hybridized carbons (Fsp3) is 0.500. The third kappa shape index (κ3) is 4.58. The number of hydrogen-bond acceptors (Lipinski definition) is 5. The van der Waals surface area contributed by atoms with Crippen molar-refractivity contribution in [2.45, 2.75) is 19.4 Å². The van der Waals surface area contributed by atoms with Crippen LogP contribution in [0.3, 0.4) is 0 Å². The highest BCUT2D eigenvalue weighted by atomic mass is 16.3. The third-order valence-corrected chi connectivity index (χ3v) is 2.53. The first kappa shape index (κ1) is 14.2. The number of aliphatic hydroxyl groups is 1. The van der Waals surface area contributed by atoms with Gasteiger partial charge >= 0.3 is 0 Å². The van der Waals surface area contributed by atoms with Crippen LogP contribution in [-0.4, -0.2) is 42.2 Å². The fourth-order valence-electron chi connectivity index (χ4n) is 1.58. The molecule has 1 heterocycles. The highest BCUT2D eigenvalue weighted by Crippen LogP contribution is 2.14. The summed E-state index contributed by atoms with van der Waals surface area (Å²) in [5, 5.41) is 11.9. The van der Waals surface area contributed by atoms with E-state index >= 15 is 0 Å². The molecule has 0 aliphatic carbocycles. The molecule has 0 saturated heterocycles. The molecule has 4 N–H and O–H groups in total. The summed E-state index contributed by atoms with van der Waals surface area (Å²) >= 11 is 0. The minimum atomic E-state index is -0.339. The zero-order valence-corrected chi connectivity index (χ0v) is 10.8. The Labute approximate surface area is 107 Å². The average molecular weight is 252 g/mol. The summed E-state index contributed by atoms with van der Waals surface area (Å²) in [5.41, 5.74) is 6.04. The molecule has 0 bridgehead atoms. The molecule has 18 heavy (non-hydrogen) atoms. The van der Waals surface area contributed by atoms with Crippen molar-refractivity contribution >= 4 is 17.4 Å². The smallest absolute Gasteiger partial charge is 0.219 e. The second-order valence-corrected chi connectivity index (χ2v) is 4.26. The molecular formula is C12H20N4O2. The molecule has 0 aromatic carbocycles. The number of nitrogens with two attached hydrogens (primary N) is 1. The van der Waals surface area contributed by atoms with Gasteiger partial charge in [0.2, 0.25) is 5.91 Å². The van der Waals surface area contributed by atoms with Crippen LogP contribution in [0.5, 0.6) is 0 Å². The van der Waals surface area contributed by atoms with Crippen LogP contribution in [-0.2, 0) is 4.79 Å². The zero-order chi connectivity index (χ0) is 13.5. The van der Waals surface area contributed by atoms with Crippen molar-refractivity contribution in [3.8, 4) is 0 Å². The van der Waals surface area contributed by atoms with E-state index in [2.05, 4.69) is 10.3 Å². The topological polar surface area (TPSA) is 91.5 Å². The number of hydrogen-bond donors (Lipinski definition) is 3. The van der Waals surface area contributed by atoms with Crippen LogP contribution in [0.1, 0.15) is 13.3 Å². The van der Waals surface area contributed by atoms with Gasteiger partial charge in [0, 0.05) is 26.1 Å². The Hall–Kier alpha value is -1.82. The molecule has 1 aromatic heterocycles. The van der Waals surface area contributed by atoms with Crippen LogP contribution in [0, 0.1) is 0 Å². The minimum Gasteiger partial charge on any atom is -0.395 e. The predicted molar refractivity (Wildman–Crippen MR) is 71.5 cm³/mol. The SMILES string of the molecule is CC(CC(N)=O)Nc1ccc(N(C)CCO)cn1. The Kier molecular flexibility index (Phi) is 5.38. The third-order valence-electron chi connectivity index (χ3n) is 2.53. The molecule has 0 saturated carbocycles. The summed E-state index contributed by atoms with van der Waals surface area (Å²) in [4.78, 5) is 16.9. The molecule has 1 atom stereocenters. The number of carbonyl (C=O) groups is 1. The van der Waals surface area contributed by atoms with Crippen molar-refractivity contribution < 1.29 is 9.90 Å². The molecule has 0 fully saturated rings. The Morgan fingerprint density at radius 2 is 2.33 bits per heavy atom. The number of nitrogens with zero attached hydrogens (tertiary/aromatic N) is 2. The van der Waals surface area contributed by atoms with Crippen molar-refractivity contribution in [2.75, 3.05) is 30.4 Å². The largest absolute Gasteiger partial charge is 0.395 e. The number of nitrogens with one attached hydrogen (secondary N) is 1. The summed E-state index contributed by atoms with van der Waals surface area (Å²) in [6.45, 7) is 2.54.